The Bertz CT molecular complexity index is 4000. The third-order valence-corrected chi connectivity index (χ3v) is 16.2. The average molecular weight is 986 g/mol. The van der Waals surface area contributed by atoms with Crippen molar-refractivity contribution in [3.63, 3.8) is 0 Å². The van der Waals surface area contributed by atoms with Crippen molar-refractivity contribution < 1.29 is 4.42 Å². The van der Waals surface area contributed by atoms with E-state index in [9.17, 15) is 0 Å². The van der Waals surface area contributed by atoms with E-state index in [2.05, 4.69) is 290 Å². The van der Waals surface area contributed by atoms with Crippen molar-refractivity contribution in [1.82, 2.24) is 0 Å². The van der Waals surface area contributed by atoms with E-state index in [-0.39, 0.29) is 23.1 Å². The van der Waals surface area contributed by atoms with Gasteiger partial charge in [0.25, 0.3) is 0 Å². The lowest BCUT2D eigenvalue weighted by molar-refractivity contribution is 0.590. The smallest absolute Gasteiger partial charge is 0.333 e. The van der Waals surface area contributed by atoms with Crippen LogP contribution in [0.15, 0.2) is 211 Å². The standard InChI is InChI=1S/C71H64BN3O/c1-45-42-48(46-18-12-11-13-19-46)25-41-61(45)74-62-43-55(73(52-32-26-49(27-33-52)69(2,3)4)53-34-28-50(29-35-53)70(5,6)7)38-40-60(62)72-66-63(74)44-59-57-22-16-17-23-64(57)76-68(59)65(66)58-39-24-47-20-14-15-21-56(47)67(58)75(72)54-36-30-51(31-37-54)71(8,9)10/h11-44H,1-10H3. The number of benzene rings is 10. The molecular weight excluding hydrogens is 922 g/mol. The maximum atomic E-state index is 7.17. The Morgan fingerprint density at radius 3 is 1.66 bits per heavy atom. The summed E-state index contributed by atoms with van der Waals surface area (Å²) in [6.45, 7) is 22.7. The van der Waals surface area contributed by atoms with Crippen LogP contribution in [-0.4, -0.2) is 6.85 Å². The monoisotopic (exact) mass is 986 g/mol. The van der Waals surface area contributed by atoms with Gasteiger partial charge in [-0.05, 0) is 146 Å². The summed E-state index contributed by atoms with van der Waals surface area (Å²) in [5.41, 5.74) is 23.1. The van der Waals surface area contributed by atoms with Crippen LogP contribution < -0.4 is 25.5 Å². The summed E-state index contributed by atoms with van der Waals surface area (Å²) in [5, 5.41) is 4.62. The Kier molecular flexibility index (Phi) is 10.9. The zero-order valence-electron chi connectivity index (χ0n) is 45.5. The number of aryl methyl sites for hydroxylation is 1. The summed E-state index contributed by atoms with van der Waals surface area (Å²) in [6.07, 6.45) is 0. The first-order valence-electron chi connectivity index (χ1n) is 27.0. The van der Waals surface area contributed by atoms with Crippen molar-refractivity contribution >= 4 is 96.0 Å². The van der Waals surface area contributed by atoms with Gasteiger partial charge in [0.15, 0.2) is 0 Å². The third-order valence-electron chi connectivity index (χ3n) is 16.2. The second kappa shape index (κ2) is 17.4. The molecule has 0 amide bonds. The van der Waals surface area contributed by atoms with Crippen LogP contribution in [0.25, 0.3) is 55.0 Å². The molecular formula is C71H64BN3O. The first-order valence-corrected chi connectivity index (χ1v) is 27.0. The van der Waals surface area contributed by atoms with E-state index in [1.165, 1.54) is 60.8 Å². The summed E-state index contributed by atoms with van der Waals surface area (Å²) in [7, 11) is 0. The molecule has 76 heavy (non-hydrogen) atoms. The van der Waals surface area contributed by atoms with E-state index in [4.69, 9.17) is 4.42 Å². The Morgan fingerprint density at radius 2 is 1.03 bits per heavy atom. The predicted molar refractivity (Wildman–Crippen MR) is 326 cm³/mol. The van der Waals surface area contributed by atoms with Crippen LogP contribution in [0.1, 0.15) is 84.6 Å². The molecule has 0 saturated carbocycles. The van der Waals surface area contributed by atoms with Gasteiger partial charge >= 0.3 is 6.85 Å². The summed E-state index contributed by atoms with van der Waals surface area (Å²) in [5.74, 6) is 0. The van der Waals surface area contributed by atoms with Gasteiger partial charge in [-0.2, -0.15) is 0 Å². The lowest BCUT2D eigenvalue weighted by Crippen LogP contribution is -2.61. The van der Waals surface area contributed by atoms with Crippen molar-refractivity contribution in [3.05, 3.63) is 229 Å². The van der Waals surface area contributed by atoms with Gasteiger partial charge in [0, 0.05) is 72.8 Å². The Morgan fingerprint density at radius 1 is 0.447 bits per heavy atom. The van der Waals surface area contributed by atoms with Crippen LogP contribution in [0, 0.1) is 6.92 Å². The minimum atomic E-state index is -0.240. The molecule has 0 spiro atoms. The highest BCUT2D eigenvalue weighted by molar-refractivity contribution is 6.94. The van der Waals surface area contributed by atoms with Gasteiger partial charge in [0.05, 0.1) is 0 Å². The van der Waals surface area contributed by atoms with E-state index >= 15 is 0 Å². The van der Waals surface area contributed by atoms with Gasteiger partial charge in [0.2, 0.25) is 0 Å². The number of rotatable bonds is 6. The van der Waals surface area contributed by atoms with E-state index in [0.29, 0.717) is 0 Å². The Labute approximate surface area is 449 Å². The van der Waals surface area contributed by atoms with Crippen molar-refractivity contribution in [2.75, 3.05) is 14.6 Å². The zero-order chi connectivity index (χ0) is 52.4. The molecule has 0 radical (unpaired) electrons. The highest BCUT2D eigenvalue weighted by Gasteiger charge is 2.47. The topological polar surface area (TPSA) is 22.9 Å². The molecule has 0 atom stereocenters. The second-order valence-corrected chi connectivity index (χ2v) is 24.3. The number of para-hydroxylation sites is 1. The molecule has 5 heteroatoms. The molecule has 0 N–H and O–H groups in total. The molecule has 0 saturated heterocycles. The quantitative estimate of drug-likeness (QED) is 0.155. The minimum Gasteiger partial charge on any atom is -0.455 e. The van der Waals surface area contributed by atoms with Gasteiger partial charge in [-0.3, -0.25) is 0 Å². The van der Waals surface area contributed by atoms with Gasteiger partial charge in [-0.15, -0.1) is 0 Å². The molecule has 372 valence electrons. The molecule has 2 aliphatic heterocycles. The molecule has 0 unspecified atom stereocenters. The van der Waals surface area contributed by atoms with Crippen LogP contribution in [0.2, 0.25) is 0 Å². The highest BCUT2D eigenvalue weighted by atomic mass is 16.3. The number of anilines is 8. The first-order chi connectivity index (χ1) is 36.5. The van der Waals surface area contributed by atoms with Gasteiger partial charge in [-0.1, -0.05) is 196 Å². The van der Waals surface area contributed by atoms with E-state index in [0.717, 1.165) is 72.9 Å². The minimum absolute atomic E-state index is 0.00797. The number of fused-ring (bicyclic) bond motifs is 10. The third kappa shape index (κ3) is 7.73. The summed E-state index contributed by atoms with van der Waals surface area (Å²) < 4.78 is 7.17. The first kappa shape index (κ1) is 47.4. The van der Waals surface area contributed by atoms with Crippen LogP contribution in [0.3, 0.4) is 0 Å². The van der Waals surface area contributed by atoms with Crippen molar-refractivity contribution in [1.29, 1.82) is 0 Å². The number of nitrogens with zero attached hydrogens (tertiary/aromatic N) is 3. The van der Waals surface area contributed by atoms with Crippen LogP contribution >= 0.6 is 0 Å². The maximum Gasteiger partial charge on any atom is 0.333 e. The highest BCUT2D eigenvalue weighted by Crippen LogP contribution is 2.53. The summed E-state index contributed by atoms with van der Waals surface area (Å²) in [6, 6.07) is 77.4. The number of hydrogen-bond donors (Lipinski definition) is 0. The van der Waals surface area contributed by atoms with Crippen LogP contribution in [0.5, 0.6) is 0 Å². The van der Waals surface area contributed by atoms with Gasteiger partial charge in [0.1, 0.15) is 11.2 Å². The molecule has 0 aliphatic carbocycles. The lowest BCUT2D eigenvalue weighted by atomic mass is 9.43. The molecule has 0 bridgehead atoms. The average Bonchev–Trinajstić information content (AvgIpc) is 3.87. The molecule has 10 aromatic carbocycles. The van der Waals surface area contributed by atoms with E-state index in [1.54, 1.807) is 0 Å². The molecule has 11 aromatic rings. The molecule has 0 fully saturated rings. The molecule has 13 rings (SSSR count). The second-order valence-electron chi connectivity index (χ2n) is 24.3. The largest absolute Gasteiger partial charge is 0.455 e. The van der Waals surface area contributed by atoms with Crippen LogP contribution in [0.4, 0.5) is 45.5 Å². The normalized spacial score (nSPS) is 13.3. The van der Waals surface area contributed by atoms with Crippen LogP contribution in [-0.2, 0) is 16.2 Å². The molecule has 1 aromatic heterocycles. The fourth-order valence-corrected chi connectivity index (χ4v) is 12.1. The fraction of sp³-hybridized carbons (Fsp3) is 0.183. The molecule has 2 aliphatic rings. The van der Waals surface area contributed by atoms with E-state index < -0.39 is 0 Å². The molecule has 4 nitrogen and oxygen atoms in total. The van der Waals surface area contributed by atoms with Gasteiger partial charge < -0.3 is 19.0 Å². The fourth-order valence-electron chi connectivity index (χ4n) is 12.1. The number of hydrogen-bond acceptors (Lipinski definition) is 4. The van der Waals surface area contributed by atoms with Gasteiger partial charge in [-0.25, -0.2) is 0 Å². The van der Waals surface area contributed by atoms with E-state index in [1.807, 2.05) is 0 Å². The summed E-state index contributed by atoms with van der Waals surface area (Å²) in [4.78, 5) is 7.68. The van der Waals surface area contributed by atoms with Crippen molar-refractivity contribution in [3.8, 4) is 22.3 Å². The zero-order valence-corrected chi connectivity index (χ0v) is 45.5. The Hall–Kier alpha value is -8.28. The maximum absolute atomic E-state index is 7.17. The summed E-state index contributed by atoms with van der Waals surface area (Å²) >= 11 is 0. The Balaban J connectivity index is 1.14. The predicted octanol–water partition coefficient (Wildman–Crippen LogP) is 18.8. The van der Waals surface area contributed by atoms with Crippen molar-refractivity contribution in [2.24, 2.45) is 0 Å². The van der Waals surface area contributed by atoms with Crippen molar-refractivity contribution in [2.45, 2.75) is 85.5 Å². The number of furan rings is 1. The molecule has 3 heterocycles. The SMILES string of the molecule is Cc1cc(-c2ccccc2)ccc1N1c2cc(N(c3ccc(C(C)(C)C)cc3)c3ccc(C(C)(C)C)cc3)ccc2B2c3c1cc1c(oc4ccccc41)c3-c1ccc3ccccc3c1N2c1ccc(C(C)(C)C)cc1. The lowest BCUT2D eigenvalue weighted by Gasteiger charge is -2.46.